The van der Waals surface area contributed by atoms with Gasteiger partial charge >= 0.3 is 5.97 Å². The maximum atomic E-state index is 11.6. The number of sulfone groups is 1. The summed E-state index contributed by atoms with van der Waals surface area (Å²) in [6.07, 6.45) is 0.283. The van der Waals surface area contributed by atoms with Gasteiger partial charge in [-0.1, -0.05) is 0 Å². The van der Waals surface area contributed by atoms with Crippen molar-refractivity contribution in [1.29, 1.82) is 0 Å². The molecule has 0 saturated carbocycles. The SMILES string of the molecule is COCC(=O)N(CC(=O)O)C1CCS(=O)(=O)C1. The fourth-order valence-electron chi connectivity index (χ4n) is 1.79. The van der Waals surface area contributed by atoms with Gasteiger partial charge in [0.15, 0.2) is 9.84 Å². The molecule has 1 aliphatic rings. The van der Waals surface area contributed by atoms with E-state index in [4.69, 9.17) is 5.11 Å². The first-order valence-electron chi connectivity index (χ1n) is 5.06. The Morgan fingerprint density at radius 2 is 2.12 bits per heavy atom. The highest BCUT2D eigenvalue weighted by molar-refractivity contribution is 7.91. The second kappa shape index (κ2) is 5.46. The molecular formula is C9H15NO6S. The smallest absolute Gasteiger partial charge is 0.323 e. The molecule has 0 aromatic rings. The van der Waals surface area contributed by atoms with Crippen molar-refractivity contribution in [3.63, 3.8) is 0 Å². The van der Waals surface area contributed by atoms with Crippen LogP contribution < -0.4 is 0 Å². The van der Waals surface area contributed by atoms with Gasteiger partial charge < -0.3 is 14.7 Å². The minimum Gasteiger partial charge on any atom is -0.480 e. The highest BCUT2D eigenvalue weighted by atomic mass is 32.2. The van der Waals surface area contributed by atoms with Gasteiger partial charge in [-0.25, -0.2) is 8.42 Å². The summed E-state index contributed by atoms with van der Waals surface area (Å²) in [5.41, 5.74) is 0. The average molecular weight is 265 g/mol. The number of amides is 1. The Labute approximate surface area is 99.3 Å². The highest BCUT2D eigenvalue weighted by Gasteiger charge is 2.35. The van der Waals surface area contributed by atoms with E-state index in [2.05, 4.69) is 4.74 Å². The van der Waals surface area contributed by atoms with E-state index in [-0.39, 0.29) is 24.5 Å². The number of carboxylic acids is 1. The van der Waals surface area contributed by atoms with Gasteiger partial charge in [0, 0.05) is 13.2 Å². The zero-order valence-electron chi connectivity index (χ0n) is 9.46. The molecule has 1 amide bonds. The zero-order chi connectivity index (χ0) is 13.1. The molecule has 0 bridgehead atoms. The molecule has 1 heterocycles. The number of ether oxygens (including phenoxy) is 1. The number of hydrogen-bond acceptors (Lipinski definition) is 5. The topological polar surface area (TPSA) is 101 Å². The Kier molecular flexibility index (Phi) is 4.47. The molecular weight excluding hydrogens is 250 g/mol. The van der Waals surface area contributed by atoms with Crippen molar-refractivity contribution in [3.8, 4) is 0 Å². The summed E-state index contributed by atoms with van der Waals surface area (Å²) in [5.74, 6) is -1.85. The van der Waals surface area contributed by atoms with Crippen LogP contribution in [0.3, 0.4) is 0 Å². The molecule has 0 aliphatic carbocycles. The van der Waals surface area contributed by atoms with Gasteiger partial charge in [-0.2, -0.15) is 0 Å². The maximum absolute atomic E-state index is 11.6. The summed E-state index contributed by atoms with van der Waals surface area (Å²) in [6.45, 7) is -0.744. The Balaban J connectivity index is 2.76. The minimum atomic E-state index is -3.15. The first-order valence-corrected chi connectivity index (χ1v) is 6.88. The molecule has 0 aromatic heterocycles. The lowest BCUT2D eigenvalue weighted by molar-refractivity contribution is -0.147. The van der Waals surface area contributed by atoms with E-state index >= 15 is 0 Å². The highest BCUT2D eigenvalue weighted by Crippen LogP contribution is 2.17. The Morgan fingerprint density at radius 3 is 2.53 bits per heavy atom. The van der Waals surface area contributed by atoms with Crippen LogP contribution in [0.25, 0.3) is 0 Å². The molecule has 98 valence electrons. The minimum absolute atomic E-state index is 0.00590. The molecule has 1 rings (SSSR count). The van der Waals surface area contributed by atoms with Crippen LogP contribution >= 0.6 is 0 Å². The number of carboxylic acid groups (broad SMARTS) is 1. The van der Waals surface area contributed by atoms with Crippen molar-refractivity contribution in [2.75, 3.05) is 31.8 Å². The molecule has 17 heavy (non-hydrogen) atoms. The molecule has 7 nitrogen and oxygen atoms in total. The molecule has 1 fully saturated rings. The maximum Gasteiger partial charge on any atom is 0.323 e. The molecule has 0 spiro atoms. The van der Waals surface area contributed by atoms with Crippen molar-refractivity contribution in [1.82, 2.24) is 4.90 Å². The number of carbonyl (C=O) groups is 2. The van der Waals surface area contributed by atoms with E-state index in [1.54, 1.807) is 0 Å². The Morgan fingerprint density at radius 1 is 1.47 bits per heavy atom. The lowest BCUT2D eigenvalue weighted by Crippen LogP contribution is -2.45. The molecule has 0 radical (unpaired) electrons. The van der Waals surface area contributed by atoms with Crippen molar-refractivity contribution in [2.24, 2.45) is 0 Å². The zero-order valence-corrected chi connectivity index (χ0v) is 10.3. The number of aliphatic carboxylic acids is 1. The van der Waals surface area contributed by atoms with Crippen molar-refractivity contribution < 1.29 is 27.9 Å². The summed E-state index contributed by atoms with van der Waals surface area (Å²) in [7, 11) is -1.83. The van der Waals surface area contributed by atoms with Crippen molar-refractivity contribution in [2.45, 2.75) is 12.5 Å². The van der Waals surface area contributed by atoms with Crippen molar-refractivity contribution >= 4 is 21.7 Å². The third-order valence-corrected chi connectivity index (χ3v) is 4.29. The number of rotatable bonds is 5. The van der Waals surface area contributed by atoms with Crippen LogP contribution in [0.1, 0.15) is 6.42 Å². The van der Waals surface area contributed by atoms with Gasteiger partial charge in [0.25, 0.3) is 0 Å². The van der Waals surface area contributed by atoms with Crippen LogP contribution in [0.4, 0.5) is 0 Å². The van der Waals surface area contributed by atoms with E-state index < -0.39 is 34.3 Å². The quantitative estimate of drug-likeness (QED) is 0.665. The summed E-state index contributed by atoms with van der Waals surface area (Å²) >= 11 is 0. The lowest BCUT2D eigenvalue weighted by atomic mass is 10.2. The van der Waals surface area contributed by atoms with E-state index in [0.717, 1.165) is 4.90 Å². The van der Waals surface area contributed by atoms with Gasteiger partial charge in [-0.3, -0.25) is 9.59 Å². The van der Waals surface area contributed by atoms with Crippen LogP contribution in [0.15, 0.2) is 0 Å². The molecule has 1 unspecified atom stereocenters. The van der Waals surface area contributed by atoms with Crippen LogP contribution in [-0.2, 0) is 24.2 Å². The molecule has 1 atom stereocenters. The van der Waals surface area contributed by atoms with Crippen molar-refractivity contribution in [3.05, 3.63) is 0 Å². The van der Waals surface area contributed by atoms with E-state index in [0.29, 0.717) is 0 Å². The number of nitrogens with zero attached hydrogens (tertiary/aromatic N) is 1. The van der Waals surface area contributed by atoms with Crippen LogP contribution in [0, 0.1) is 0 Å². The largest absolute Gasteiger partial charge is 0.480 e. The Hall–Kier alpha value is -1.15. The predicted molar refractivity (Wildman–Crippen MR) is 58.3 cm³/mol. The predicted octanol–water partition coefficient (Wildman–Crippen LogP) is -1.27. The van der Waals surface area contributed by atoms with Gasteiger partial charge in [-0.15, -0.1) is 0 Å². The second-order valence-corrected chi connectivity index (χ2v) is 6.13. The first-order chi connectivity index (χ1) is 7.85. The van der Waals surface area contributed by atoms with Crippen LogP contribution in [0.5, 0.6) is 0 Å². The first kappa shape index (κ1) is 13.9. The van der Waals surface area contributed by atoms with Crippen LogP contribution in [-0.4, -0.2) is 68.1 Å². The third kappa shape index (κ3) is 3.97. The molecule has 1 saturated heterocycles. The number of hydrogen-bond donors (Lipinski definition) is 1. The van der Waals surface area contributed by atoms with Gasteiger partial charge in [0.2, 0.25) is 5.91 Å². The van der Waals surface area contributed by atoms with Gasteiger partial charge in [0.05, 0.1) is 11.5 Å². The van der Waals surface area contributed by atoms with Crippen LogP contribution in [0.2, 0.25) is 0 Å². The van der Waals surface area contributed by atoms with Gasteiger partial charge in [0.1, 0.15) is 13.2 Å². The molecule has 8 heteroatoms. The fourth-order valence-corrected chi connectivity index (χ4v) is 3.52. The Bertz CT molecular complexity index is 404. The standard InChI is InChI=1S/C9H15NO6S/c1-16-5-8(11)10(4-9(12)13)7-2-3-17(14,15)6-7/h7H,2-6H2,1H3,(H,12,13). The van der Waals surface area contributed by atoms with Gasteiger partial charge in [-0.05, 0) is 6.42 Å². The lowest BCUT2D eigenvalue weighted by Gasteiger charge is -2.26. The summed E-state index contributed by atoms with van der Waals surface area (Å²) in [6, 6.07) is -0.557. The second-order valence-electron chi connectivity index (χ2n) is 3.91. The normalized spacial score (nSPS) is 22.3. The van der Waals surface area contributed by atoms with E-state index in [1.165, 1.54) is 7.11 Å². The monoisotopic (exact) mass is 265 g/mol. The summed E-state index contributed by atoms with van der Waals surface area (Å²) < 4.78 is 27.2. The summed E-state index contributed by atoms with van der Waals surface area (Å²) in [4.78, 5) is 23.3. The fraction of sp³-hybridized carbons (Fsp3) is 0.778. The molecule has 1 aliphatic heterocycles. The number of methoxy groups -OCH3 is 1. The third-order valence-electron chi connectivity index (χ3n) is 2.54. The molecule has 0 aromatic carbocycles. The van der Waals surface area contributed by atoms with E-state index in [1.807, 2.05) is 0 Å². The molecule has 1 N–H and O–H groups in total. The van der Waals surface area contributed by atoms with E-state index in [9.17, 15) is 18.0 Å². The number of carbonyl (C=O) groups excluding carboxylic acids is 1. The average Bonchev–Trinajstić information content (AvgIpc) is 2.55. The summed E-state index contributed by atoms with van der Waals surface area (Å²) in [5, 5.41) is 8.71.